The predicted molar refractivity (Wildman–Crippen MR) is 74.3 cm³/mol. The molecule has 102 valence electrons. The molecule has 0 aromatic heterocycles. The summed E-state index contributed by atoms with van der Waals surface area (Å²) in [5.41, 5.74) is -1.58. The van der Waals surface area contributed by atoms with Gasteiger partial charge in [0.2, 0.25) is 0 Å². The second kappa shape index (κ2) is 4.54. The van der Waals surface area contributed by atoms with Gasteiger partial charge < -0.3 is 14.9 Å². The summed E-state index contributed by atoms with van der Waals surface area (Å²) in [6.45, 7) is 1.26. The molecule has 20 heavy (non-hydrogen) atoms. The van der Waals surface area contributed by atoms with Crippen molar-refractivity contribution < 1.29 is 19.7 Å². The Morgan fingerprint density at radius 1 is 1.15 bits per heavy atom. The van der Waals surface area contributed by atoms with E-state index in [9.17, 15) is 9.90 Å². The summed E-state index contributed by atoms with van der Waals surface area (Å²) in [6, 6.07) is 12.5. The zero-order chi connectivity index (χ0) is 14.3. The third kappa shape index (κ3) is 2.05. The molecule has 3 rings (SSSR count). The van der Waals surface area contributed by atoms with Gasteiger partial charge in [0.1, 0.15) is 11.5 Å². The van der Waals surface area contributed by atoms with E-state index >= 15 is 0 Å². The Labute approximate surface area is 120 Å². The smallest absolute Gasteiger partial charge is 0.340 e. The van der Waals surface area contributed by atoms with Gasteiger partial charge in [-0.2, -0.15) is 0 Å². The van der Waals surface area contributed by atoms with Crippen LogP contribution in [0.25, 0.3) is 0 Å². The van der Waals surface area contributed by atoms with Crippen molar-refractivity contribution in [1.82, 2.24) is 0 Å². The summed E-state index contributed by atoms with van der Waals surface area (Å²) in [7, 11) is 0. The van der Waals surface area contributed by atoms with Crippen LogP contribution < -0.4 is 4.74 Å². The van der Waals surface area contributed by atoms with Gasteiger partial charge in [0.25, 0.3) is 0 Å². The van der Waals surface area contributed by atoms with Crippen molar-refractivity contribution in [2.24, 2.45) is 0 Å². The lowest BCUT2D eigenvalue weighted by atomic mass is 9.96. The van der Waals surface area contributed by atoms with Crippen molar-refractivity contribution in [2.45, 2.75) is 22.3 Å². The molecule has 0 aliphatic carbocycles. The number of carbonyl (C=O) groups is 1. The van der Waals surface area contributed by atoms with Crippen molar-refractivity contribution in [2.75, 3.05) is 0 Å². The van der Waals surface area contributed by atoms with Crippen LogP contribution in [-0.2, 0) is 10.4 Å². The van der Waals surface area contributed by atoms with Crippen molar-refractivity contribution >= 4 is 17.7 Å². The van der Waals surface area contributed by atoms with E-state index in [0.717, 1.165) is 15.5 Å². The van der Waals surface area contributed by atoms with Gasteiger partial charge in [-0.1, -0.05) is 30.0 Å². The number of carboxylic acids is 1. The molecule has 0 bridgehead atoms. The van der Waals surface area contributed by atoms with Gasteiger partial charge >= 0.3 is 5.97 Å². The van der Waals surface area contributed by atoms with E-state index in [0.29, 0.717) is 11.3 Å². The molecule has 2 aromatic rings. The monoisotopic (exact) mass is 288 g/mol. The van der Waals surface area contributed by atoms with E-state index in [1.54, 1.807) is 18.2 Å². The third-order valence-corrected chi connectivity index (χ3v) is 4.31. The minimum atomic E-state index is -1.91. The topological polar surface area (TPSA) is 66.8 Å². The van der Waals surface area contributed by atoms with E-state index in [-0.39, 0.29) is 0 Å². The Bertz CT molecular complexity index is 694. The van der Waals surface area contributed by atoms with Crippen LogP contribution in [0.5, 0.6) is 11.5 Å². The Morgan fingerprint density at radius 3 is 2.60 bits per heavy atom. The van der Waals surface area contributed by atoms with Gasteiger partial charge in [0, 0.05) is 0 Å². The molecule has 1 unspecified atom stereocenters. The Hall–Kier alpha value is -1.98. The number of fused-ring (bicyclic) bond motifs is 2. The molecule has 0 fully saturated rings. The van der Waals surface area contributed by atoms with Crippen molar-refractivity contribution in [3.05, 3.63) is 48.0 Å². The quantitative estimate of drug-likeness (QED) is 0.757. The molecule has 0 spiro atoms. The Balaban J connectivity index is 2.02. The Morgan fingerprint density at radius 2 is 1.85 bits per heavy atom. The number of aliphatic hydroxyl groups is 1. The Kier molecular flexibility index (Phi) is 2.96. The van der Waals surface area contributed by atoms with Gasteiger partial charge in [0.15, 0.2) is 5.60 Å². The number of hydrogen-bond donors (Lipinski definition) is 2. The highest BCUT2D eigenvalue weighted by Gasteiger charge is 2.33. The molecule has 1 atom stereocenters. The predicted octanol–water partition coefficient (Wildman–Crippen LogP) is 3.24. The molecule has 1 heterocycles. The average molecular weight is 288 g/mol. The fourth-order valence-corrected chi connectivity index (χ4v) is 2.94. The number of benzene rings is 2. The van der Waals surface area contributed by atoms with Crippen LogP contribution in [0.1, 0.15) is 12.5 Å². The fraction of sp³-hybridized carbons (Fsp3) is 0.133. The summed E-state index contributed by atoms with van der Waals surface area (Å²) < 4.78 is 5.76. The first-order chi connectivity index (χ1) is 9.48. The summed E-state index contributed by atoms with van der Waals surface area (Å²) in [6.07, 6.45) is 0. The molecular formula is C15H12O4S. The first kappa shape index (κ1) is 13.0. The largest absolute Gasteiger partial charge is 0.479 e. The number of hydrogen-bond acceptors (Lipinski definition) is 4. The normalized spacial score (nSPS) is 15.5. The van der Waals surface area contributed by atoms with Crippen molar-refractivity contribution in [1.29, 1.82) is 0 Å². The summed E-state index contributed by atoms with van der Waals surface area (Å²) in [4.78, 5) is 12.9. The van der Waals surface area contributed by atoms with Crippen LogP contribution in [-0.4, -0.2) is 16.2 Å². The maximum atomic E-state index is 11.1. The van der Waals surface area contributed by atoms with Crippen molar-refractivity contribution in [3.8, 4) is 11.5 Å². The minimum absolute atomic E-state index is 0.333. The molecule has 0 saturated heterocycles. The molecule has 0 radical (unpaired) electrons. The zero-order valence-corrected chi connectivity index (χ0v) is 11.5. The molecule has 5 heteroatoms. The third-order valence-electron chi connectivity index (χ3n) is 3.21. The highest BCUT2D eigenvalue weighted by atomic mass is 32.2. The number of ether oxygens (including phenoxy) is 1. The first-order valence-electron chi connectivity index (χ1n) is 6.03. The molecule has 2 N–H and O–H groups in total. The average Bonchev–Trinajstić information content (AvgIpc) is 2.44. The van der Waals surface area contributed by atoms with Gasteiger partial charge in [-0.25, -0.2) is 4.79 Å². The van der Waals surface area contributed by atoms with Gasteiger partial charge in [-0.05, 0) is 36.8 Å². The van der Waals surface area contributed by atoms with Crippen LogP contribution >= 0.6 is 11.8 Å². The van der Waals surface area contributed by atoms with Gasteiger partial charge in [-0.3, -0.25) is 0 Å². The summed E-state index contributed by atoms with van der Waals surface area (Å²) in [5.74, 6) is 0.168. The van der Waals surface area contributed by atoms with Gasteiger partial charge in [-0.15, -0.1) is 0 Å². The lowest BCUT2D eigenvalue weighted by Gasteiger charge is -2.23. The number of aliphatic carboxylic acids is 1. The molecular weight excluding hydrogens is 276 g/mol. The number of carboxylic acid groups (broad SMARTS) is 1. The van der Waals surface area contributed by atoms with E-state index in [1.165, 1.54) is 18.7 Å². The maximum Gasteiger partial charge on any atom is 0.340 e. The highest BCUT2D eigenvalue weighted by Crippen LogP contribution is 2.47. The molecule has 1 aliphatic rings. The number of rotatable bonds is 2. The van der Waals surface area contributed by atoms with Crippen LogP contribution in [0.2, 0.25) is 0 Å². The van der Waals surface area contributed by atoms with E-state index in [4.69, 9.17) is 9.84 Å². The van der Waals surface area contributed by atoms with Crippen LogP contribution in [0.3, 0.4) is 0 Å². The standard InChI is InChI=1S/C15H12O4S/c1-15(18,14(16)17)9-6-7-11-13(8-9)20-12-5-3-2-4-10(12)19-11/h2-8,18H,1H3,(H,16,17). The van der Waals surface area contributed by atoms with Crippen molar-refractivity contribution in [3.63, 3.8) is 0 Å². The fourth-order valence-electron chi connectivity index (χ4n) is 1.95. The minimum Gasteiger partial charge on any atom is -0.479 e. The lowest BCUT2D eigenvalue weighted by Crippen LogP contribution is -2.31. The maximum absolute atomic E-state index is 11.1. The summed E-state index contributed by atoms with van der Waals surface area (Å²) in [5, 5.41) is 19.1. The van der Waals surface area contributed by atoms with E-state index in [1.807, 2.05) is 24.3 Å². The molecule has 0 saturated carbocycles. The van der Waals surface area contributed by atoms with Gasteiger partial charge in [0.05, 0.1) is 9.79 Å². The molecule has 4 nitrogen and oxygen atoms in total. The van der Waals surface area contributed by atoms with E-state index in [2.05, 4.69) is 0 Å². The molecule has 1 aliphatic heterocycles. The second-order valence-corrected chi connectivity index (χ2v) is 5.77. The first-order valence-corrected chi connectivity index (χ1v) is 6.85. The van der Waals surface area contributed by atoms with Crippen LogP contribution in [0.15, 0.2) is 52.3 Å². The second-order valence-electron chi connectivity index (χ2n) is 4.69. The SMILES string of the molecule is CC(O)(C(=O)O)c1ccc2c(c1)Sc1ccccc1O2. The number of para-hydroxylation sites is 1. The summed E-state index contributed by atoms with van der Waals surface area (Å²) >= 11 is 1.50. The molecule has 0 amide bonds. The van der Waals surface area contributed by atoms with E-state index < -0.39 is 11.6 Å². The highest BCUT2D eigenvalue weighted by molar-refractivity contribution is 7.99. The van der Waals surface area contributed by atoms with Crippen LogP contribution in [0, 0.1) is 0 Å². The lowest BCUT2D eigenvalue weighted by molar-refractivity contribution is -0.157. The zero-order valence-electron chi connectivity index (χ0n) is 10.7. The van der Waals surface area contributed by atoms with Crippen LogP contribution in [0.4, 0.5) is 0 Å². The molecule has 2 aromatic carbocycles.